The van der Waals surface area contributed by atoms with E-state index in [4.69, 9.17) is 21.1 Å². The summed E-state index contributed by atoms with van der Waals surface area (Å²) in [6, 6.07) is 16.8. The normalized spacial score (nSPS) is 12.3. The predicted octanol–water partition coefficient (Wildman–Crippen LogP) is 4.21. The lowest BCUT2D eigenvalue weighted by Crippen LogP contribution is -2.52. The molecule has 0 aliphatic heterocycles. The van der Waals surface area contributed by atoms with Crippen LogP contribution in [0.1, 0.15) is 22.7 Å². The fourth-order valence-corrected chi connectivity index (χ4v) is 5.69. The Morgan fingerprint density at radius 3 is 1.68 bits per heavy atom. The molecule has 196 valence electrons. The molecule has 0 fully saturated rings. The lowest BCUT2D eigenvalue weighted by atomic mass is 9.97. The molecule has 0 saturated carbocycles. The van der Waals surface area contributed by atoms with Gasteiger partial charge in [0.2, 0.25) is 16.1 Å². The predicted molar refractivity (Wildman–Crippen MR) is 142 cm³/mol. The molecule has 0 radical (unpaired) electrons. The number of aryl methyl sites for hydroxylation is 1. The van der Waals surface area contributed by atoms with Crippen molar-refractivity contribution in [2.75, 3.05) is 33.2 Å². The van der Waals surface area contributed by atoms with E-state index in [1.807, 2.05) is 38.1 Å². The fourth-order valence-electron chi connectivity index (χ4n) is 3.87. The highest BCUT2D eigenvalue weighted by atomic mass is 35.5. The first-order valence-electron chi connectivity index (χ1n) is 11.3. The summed E-state index contributed by atoms with van der Waals surface area (Å²) < 4.78 is 39.1. The van der Waals surface area contributed by atoms with Crippen molar-refractivity contribution in [2.24, 2.45) is 0 Å². The molecular formula is C27H29ClN2O6S. The second-order valence-electron chi connectivity index (χ2n) is 8.54. The molecule has 3 aromatic carbocycles. The van der Waals surface area contributed by atoms with Crippen LogP contribution in [0.2, 0.25) is 5.02 Å². The van der Waals surface area contributed by atoms with Gasteiger partial charge in [0.05, 0.1) is 25.2 Å². The van der Waals surface area contributed by atoms with Gasteiger partial charge in [0, 0.05) is 24.8 Å². The SMILES string of the molecule is COC(=O)C(C(=O)OC)N(C(c1ccc(Cl)cc1)c1ccc(N(C)C)cc1)S(=O)(=O)c1ccc(C)cc1. The number of hydrogen-bond acceptors (Lipinski definition) is 7. The van der Waals surface area contributed by atoms with Gasteiger partial charge in [-0.05, 0) is 54.4 Å². The molecule has 10 heteroatoms. The summed E-state index contributed by atoms with van der Waals surface area (Å²) in [5, 5.41) is 0.441. The van der Waals surface area contributed by atoms with E-state index in [1.165, 1.54) is 12.1 Å². The third kappa shape index (κ3) is 6.12. The number of nitrogens with zero attached hydrogens (tertiary/aromatic N) is 2. The molecule has 0 amide bonds. The molecule has 0 aliphatic carbocycles. The van der Waals surface area contributed by atoms with Crippen molar-refractivity contribution in [1.82, 2.24) is 4.31 Å². The van der Waals surface area contributed by atoms with Gasteiger partial charge in [0.15, 0.2) is 0 Å². The minimum absolute atomic E-state index is 0.0974. The molecule has 0 bridgehead atoms. The summed E-state index contributed by atoms with van der Waals surface area (Å²) >= 11 is 6.12. The maximum Gasteiger partial charge on any atom is 0.335 e. The molecule has 0 heterocycles. The monoisotopic (exact) mass is 544 g/mol. The summed E-state index contributed by atoms with van der Waals surface area (Å²) in [5.41, 5.74) is 2.72. The topological polar surface area (TPSA) is 93.2 Å². The van der Waals surface area contributed by atoms with Crippen molar-refractivity contribution >= 4 is 39.3 Å². The molecule has 0 aromatic heterocycles. The Labute approximate surface area is 222 Å². The lowest BCUT2D eigenvalue weighted by molar-refractivity contribution is -0.158. The quantitative estimate of drug-likeness (QED) is 0.294. The average molecular weight is 545 g/mol. The number of carbonyl (C=O) groups is 2. The van der Waals surface area contributed by atoms with Crippen LogP contribution in [-0.2, 0) is 29.1 Å². The summed E-state index contributed by atoms with van der Waals surface area (Å²) in [5.74, 6) is -2.15. The smallest absolute Gasteiger partial charge is 0.335 e. The van der Waals surface area contributed by atoms with E-state index in [9.17, 15) is 18.0 Å². The van der Waals surface area contributed by atoms with Gasteiger partial charge in [-0.25, -0.2) is 18.0 Å². The highest BCUT2D eigenvalue weighted by Crippen LogP contribution is 2.37. The zero-order valence-electron chi connectivity index (χ0n) is 21.2. The van der Waals surface area contributed by atoms with Crippen LogP contribution in [0.3, 0.4) is 0 Å². The Bertz CT molecular complexity index is 1330. The third-order valence-electron chi connectivity index (χ3n) is 5.87. The molecule has 1 atom stereocenters. The van der Waals surface area contributed by atoms with Crippen LogP contribution in [-0.4, -0.2) is 59.0 Å². The molecule has 3 aromatic rings. The standard InChI is InChI=1S/C27H29ClN2O6S/c1-18-6-16-23(17-7-18)37(33,34)30(25(26(31)35-4)27(32)36-5)24(19-8-12-21(28)13-9-19)20-10-14-22(15-11-20)29(2)3/h6-17,24-25H,1-5H3. The second kappa shape index (κ2) is 11.8. The number of sulfonamides is 1. The summed E-state index contributed by atoms with van der Waals surface area (Å²) in [4.78, 5) is 27.8. The maximum absolute atomic E-state index is 14.2. The number of benzene rings is 3. The number of anilines is 1. The van der Waals surface area contributed by atoms with Gasteiger partial charge in [0.1, 0.15) is 0 Å². The molecular weight excluding hydrogens is 516 g/mol. The van der Waals surface area contributed by atoms with Crippen LogP contribution in [0, 0.1) is 6.92 Å². The zero-order chi connectivity index (χ0) is 27.3. The van der Waals surface area contributed by atoms with Gasteiger partial charge in [-0.2, -0.15) is 4.31 Å². The van der Waals surface area contributed by atoms with E-state index >= 15 is 0 Å². The van der Waals surface area contributed by atoms with Crippen LogP contribution >= 0.6 is 11.6 Å². The highest BCUT2D eigenvalue weighted by molar-refractivity contribution is 7.89. The number of ether oxygens (including phenoxy) is 2. The van der Waals surface area contributed by atoms with E-state index in [0.717, 1.165) is 29.8 Å². The first-order valence-corrected chi connectivity index (χ1v) is 13.1. The van der Waals surface area contributed by atoms with E-state index < -0.39 is 34.0 Å². The first-order chi connectivity index (χ1) is 17.5. The summed E-state index contributed by atoms with van der Waals surface area (Å²) in [7, 11) is 1.45. The van der Waals surface area contributed by atoms with Crippen LogP contribution in [0.5, 0.6) is 0 Å². The minimum Gasteiger partial charge on any atom is -0.467 e. The van der Waals surface area contributed by atoms with Gasteiger partial charge >= 0.3 is 11.9 Å². The van der Waals surface area contributed by atoms with Crippen molar-refractivity contribution < 1.29 is 27.5 Å². The number of methoxy groups -OCH3 is 2. The average Bonchev–Trinajstić information content (AvgIpc) is 2.89. The van der Waals surface area contributed by atoms with Crippen molar-refractivity contribution in [2.45, 2.75) is 23.9 Å². The van der Waals surface area contributed by atoms with Crippen LogP contribution in [0.15, 0.2) is 77.7 Å². The molecule has 37 heavy (non-hydrogen) atoms. The van der Waals surface area contributed by atoms with Crippen molar-refractivity contribution in [1.29, 1.82) is 0 Å². The lowest BCUT2D eigenvalue weighted by Gasteiger charge is -2.35. The van der Waals surface area contributed by atoms with E-state index in [0.29, 0.717) is 16.1 Å². The van der Waals surface area contributed by atoms with Gasteiger partial charge in [0.25, 0.3) is 0 Å². The Balaban J connectivity index is 2.37. The van der Waals surface area contributed by atoms with Crippen LogP contribution < -0.4 is 4.90 Å². The van der Waals surface area contributed by atoms with Crippen LogP contribution in [0.25, 0.3) is 0 Å². The van der Waals surface area contributed by atoms with Gasteiger partial charge < -0.3 is 14.4 Å². The molecule has 0 N–H and O–H groups in total. The maximum atomic E-state index is 14.2. The highest BCUT2D eigenvalue weighted by Gasteiger charge is 2.47. The molecule has 0 saturated heterocycles. The molecule has 1 unspecified atom stereocenters. The molecule has 0 spiro atoms. The second-order valence-corrected chi connectivity index (χ2v) is 10.8. The molecule has 3 rings (SSSR count). The Kier molecular flexibility index (Phi) is 8.96. The van der Waals surface area contributed by atoms with Gasteiger partial charge in [-0.15, -0.1) is 0 Å². The number of hydrogen-bond donors (Lipinski definition) is 0. The fraction of sp³-hybridized carbons (Fsp3) is 0.259. The van der Waals surface area contributed by atoms with Gasteiger partial charge in [-0.1, -0.05) is 53.6 Å². The van der Waals surface area contributed by atoms with E-state index in [-0.39, 0.29) is 4.90 Å². The first kappa shape index (κ1) is 28.2. The number of esters is 2. The van der Waals surface area contributed by atoms with Crippen molar-refractivity contribution in [3.8, 4) is 0 Å². The van der Waals surface area contributed by atoms with E-state index in [1.54, 1.807) is 48.5 Å². The van der Waals surface area contributed by atoms with Crippen molar-refractivity contribution in [3.05, 3.63) is 94.5 Å². The Hall–Kier alpha value is -3.40. The largest absolute Gasteiger partial charge is 0.467 e. The minimum atomic E-state index is -4.47. The number of rotatable bonds is 9. The van der Waals surface area contributed by atoms with Crippen molar-refractivity contribution in [3.63, 3.8) is 0 Å². The Morgan fingerprint density at radius 2 is 1.24 bits per heavy atom. The Morgan fingerprint density at radius 1 is 0.784 bits per heavy atom. The zero-order valence-corrected chi connectivity index (χ0v) is 22.8. The molecule has 0 aliphatic rings. The van der Waals surface area contributed by atoms with E-state index in [2.05, 4.69) is 0 Å². The van der Waals surface area contributed by atoms with Gasteiger partial charge in [-0.3, -0.25) is 0 Å². The van der Waals surface area contributed by atoms with Crippen LogP contribution in [0.4, 0.5) is 5.69 Å². The third-order valence-corrected chi connectivity index (χ3v) is 7.96. The number of halogens is 1. The number of carbonyl (C=O) groups excluding carboxylic acids is 2. The summed E-state index contributed by atoms with van der Waals surface area (Å²) in [6.45, 7) is 1.82. The molecule has 8 nitrogen and oxygen atoms in total. The summed E-state index contributed by atoms with van der Waals surface area (Å²) in [6.07, 6.45) is 0.